The highest BCUT2D eigenvalue weighted by Gasteiger charge is 2.35. The van der Waals surface area contributed by atoms with Crippen LogP contribution in [0.25, 0.3) is 0 Å². The van der Waals surface area contributed by atoms with E-state index in [1.165, 1.54) is 29.2 Å². The maximum Gasteiger partial charge on any atom is 0.326 e. The Bertz CT molecular complexity index is 845. The summed E-state index contributed by atoms with van der Waals surface area (Å²) in [7, 11) is 0. The number of nitrogens with zero attached hydrogens (tertiary/aromatic N) is 2. The van der Waals surface area contributed by atoms with E-state index in [0.717, 1.165) is 11.8 Å². The van der Waals surface area contributed by atoms with Crippen molar-refractivity contribution in [3.8, 4) is 0 Å². The Kier molecular flexibility index (Phi) is 8.79. The van der Waals surface area contributed by atoms with Crippen LogP contribution in [0.3, 0.4) is 0 Å². The third-order valence-corrected chi connectivity index (χ3v) is 5.82. The van der Waals surface area contributed by atoms with Crippen LogP contribution in [-0.2, 0) is 25.8 Å². The molecule has 1 aliphatic rings. The van der Waals surface area contributed by atoms with Gasteiger partial charge >= 0.3 is 5.97 Å². The molecule has 31 heavy (non-hydrogen) atoms. The number of carboxylic acid groups (broad SMARTS) is 1. The second-order valence-corrected chi connectivity index (χ2v) is 8.07. The van der Waals surface area contributed by atoms with Crippen LogP contribution in [0.2, 0.25) is 0 Å². The van der Waals surface area contributed by atoms with Gasteiger partial charge < -0.3 is 20.2 Å². The van der Waals surface area contributed by atoms with Crippen LogP contribution in [0.15, 0.2) is 24.3 Å². The van der Waals surface area contributed by atoms with E-state index < -0.39 is 28.9 Å². The minimum absolute atomic E-state index is 0.182. The van der Waals surface area contributed by atoms with Crippen molar-refractivity contribution >= 4 is 34.7 Å². The average Bonchev–Trinajstić information content (AvgIpc) is 3.24. The number of amides is 2. The zero-order valence-corrected chi connectivity index (χ0v) is 17.6. The Balaban J connectivity index is 1.74. The quantitative estimate of drug-likeness (QED) is 0.391. The third-order valence-electron chi connectivity index (χ3n) is 4.68. The zero-order valence-electron chi connectivity index (χ0n) is 16.8. The van der Waals surface area contributed by atoms with E-state index in [4.69, 9.17) is 0 Å². The SMILES string of the molecule is C[C@H](CSC(=O)CNC(=O)c1ccc(CO[N+](=O)[O-])cc1)C(=O)N1CCC[C@H]1C(=O)O. The Hall–Kier alpha value is -3.15. The number of rotatable bonds is 10. The van der Waals surface area contributed by atoms with Crippen molar-refractivity contribution in [1.29, 1.82) is 0 Å². The Labute approximate surface area is 182 Å². The van der Waals surface area contributed by atoms with Crippen molar-refractivity contribution in [3.05, 3.63) is 45.5 Å². The number of hydrogen-bond donors (Lipinski definition) is 2. The van der Waals surface area contributed by atoms with Gasteiger partial charge in [-0.3, -0.25) is 14.4 Å². The van der Waals surface area contributed by atoms with Gasteiger partial charge in [0.1, 0.15) is 12.6 Å². The van der Waals surface area contributed by atoms with Crippen LogP contribution in [-0.4, -0.2) is 62.9 Å². The standard InChI is InChI=1S/C19H23N3O8S/c1-12(18(25)21-8-2-3-15(21)19(26)27)11-31-16(23)9-20-17(24)14-6-4-13(5-7-14)10-30-22(28)29/h4-7,12,15H,2-3,8-11H2,1H3,(H,20,24)(H,26,27)/t12-,15+/m1/s1. The summed E-state index contributed by atoms with van der Waals surface area (Å²) < 4.78 is 0. The number of aliphatic carboxylic acids is 1. The molecule has 0 spiro atoms. The highest BCUT2D eigenvalue weighted by Crippen LogP contribution is 2.21. The van der Waals surface area contributed by atoms with Crippen molar-refractivity contribution in [2.24, 2.45) is 5.92 Å². The van der Waals surface area contributed by atoms with Gasteiger partial charge in [-0.15, -0.1) is 10.1 Å². The molecule has 1 aromatic carbocycles. The molecule has 0 saturated carbocycles. The van der Waals surface area contributed by atoms with E-state index in [2.05, 4.69) is 10.2 Å². The van der Waals surface area contributed by atoms with Crippen molar-refractivity contribution in [2.75, 3.05) is 18.8 Å². The smallest absolute Gasteiger partial charge is 0.326 e. The first kappa shape index (κ1) is 24.1. The van der Waals surface area contributed by atoms with E-state index in [0.29, 0.717) is 24.9 Å². The molecule has 1 fully saturated rings. The lowest BCUT2D eigenvalue weighted by Crippen LogP contribution is -2.43. The molecule has 1 heterocycles. The summed E-state index contributed by atoms with van der Waals surface area (Å²) in [5.74, 6) is -2.15. The fraction of sp³-hybridized carbons (Fsp3) is 0.474. The lowest BCUT2D eigenvalue weighted by atomic mass is 10.1. The fourth-order valence-electron chi connectivity index (χ4n) is 3.04. The van der Waals surface area contributed by atoms with Crippen molar-refractivity contribution in [1.82, 2.24) is 10.2 Å². The van der Waals surface area contributed by atoms with Crippen molar-refractivity contribution in [3.63, 3.8) is 0 Å². The summed E-state index contributed by atoms with van der Waals surface area (Å²) in [6, 6.07) is 5.12. The first-order valence-electron chi connectivity index (χ1n) is 9.52. The molecule has 2 rings (SSSR count). The molecular formula is C19H23N3O8S. The van der Waals surface area contributed by atoms with E-state index in [-0.39, 0.29) is 35.5 Å². The molecule has 1 aliphatic heterocycles. The number of carboxylic acids is 1. The number of likely N-dealkylation sites (tertiary alicyclic amines) is 1. The van der Waals surface area contributed by atoms with Gasteiger partial charge in [0.2, 0.25) is 11.0 Å². The number of hydrogen-bond acceptors (Lipinski definition) is 8. The van der Waals surface area contributed by atoms with Gasteiger partial charge in [-0.25, -0.2) is 4.79 Å². The lowest BCUT2D eigenvalue weighted by molar-refractivity contribution is -0.763. The van der Waals surface area contributed by atoms with Gasteiger partial charge in [-0.2, -0.15) is 0 Å². The highest BCUT2D eigenvalue weighted by molar-refractivity contribution is 8.13. The van der Waals surface area contributed by atoms with Crippen LogP contribution in [0.1, 0.15) is 35.7 Å². The van der Waals surface area contributed by atoms with E-state index >= 15 is 0 Å². The van der Waals surface area contributed by atoms with Gasteiger partial charge in [0.25, 0.3) is 11.0 Å². The lowest BCUT2D eigenvalue weighted by Gasteiger charge is -2.24. The van der Waals surface area contributed by atoms with E-state index in [9.17, 15) is 34.4 Å². The minimum atomic E-state index is -1.03. The van der Waals surface area contributed by atoms with E-state index in [1.54, 1.807) is 6.92 Å². The Morgan fingerprint density at radius 3 is 2.61 bits per heavy atom. The molecule has 1 aromatic rings. The average molecular weight is 453 g/mol. The molecule has 0 aromatic heterocycles. The summed E-state index contributed by atoms with van der Waals surface area (Å²) in [4.78, 5) is 63.6. The summed E-state index contributed by atoms with van der Waals surface area (Å²) in [5, 5.41) is 20.6. The number of nitrogens with one attached hydrogen (secondary N) is 1. The number of carbonyl (C=O) groups is 4. The van der Waals surface area contributed by atoms with Crippen molar-refractivity contribution < 1.29 is 34.2 Å². The van der Waals surface area contributed by atoms with Crippen LogP contribution in [0.5, 0.6) is 0 Å². The molecule has 11 nitrogen and oxygen atoms in total. The summed E-state index contributed by atoms with van der Waals surface area (Å²) in [6.07, 6.45) is 1.06. The fourth-order valence-corrected chi connectivity index (χ4v) is 3.80. The minimum Gasteiger partial charge on any atom is -0.480 e. The largest absolute Gasteiger partial charge is 0.480 e. The Morgan fingerprint density at radius 2 is 2.00 bits per heavy atom. The van der Waals surface area contributed by atoms with Crippen LogP contribution in [0.4, 0.5) is 0 Å². The maximum atomic E-state index is 12.5. The number of carbonyl (C=O) groups excluding carboxylic acids is 3. The highest BCUT2D eigenvalue weighted by atomic mass is 32.2. The molecule has 2 N–H and O–H groups in total. The predicted octanol–water partition coefficient (Wildman–Crippen LogP) is 1.10. The monoisotopic (exact) mass is 453 g/mol. The molecule has 0 bridgehead atoms. The zero-order chi connectivity index (χ0) is 23.0. The second kappa shape index (κ2) is 11.3. The predicted molar refractivity (Wildman–Crippen MR) is 110 cm³/mol. The topological polar surface area (TPSA) is 156 Å². The molecule has 0 unspecified atom stereocenters. The van der Waals surface area contributed by atoms with Gasteiger partial charge in [0, 0.05) is 23.8 Å². The molecular weight excluding hydrogens is 430 g/mol. The molecule has 2 atom stereocenters. The molecule has 168 valence electrons. The molecule has 0 aliphatic carbocycles. The first-order valence-corrected chi connectivity index (χ1v) is 10.5. The first-order chi connectivity index (χ1) is 14.7. The second-order valence-electron chi connectivity index (χ2n) is 6.99. The molecule has 1 saturated heterocycles. The van der Waals surface area contributed by atoms with Crippen LogP contribution in [0, 0.1) is 16.0 Å². The van der Waals surface area contributed by atoms with E-state index in [1.807, 2.05) is 0 Å². The van der Waals surface area contributed by atoms with Crippen LogP contribution >= 0.6 is 11.8 Å². The van der Waals surface area contributed by atoms with Crippen molar-refractivity contribution in [2.45, 2.75) is 32.4 Å². The normalized spacial score (nSPS) is 16.4. The summed E-state index contributed by atoms with van der Waals surface area (Å²) in [5.41, 5.74) is 0.793. The van der Waals surface area contributed by atoms with Gasteiger partial charge in [0.15, 0.2) is 0 Å². The number of thioether (sulfide) groups is 1. The van der Waals surface area contributed by atoms with Gasteiger partial charge in [-0.05, 0) is 30.5 Å². The molecule has 2 amide bonds. The van der Waals surface area contributed by atoms with Gasteiger partial charge in [-0.1, -0.05) is 30.8 Å². The maximum absolute atomic E-state index is 12.5. The molecule has 12 heteroatoms. The third kappa shape index (κ3) is 7.24. The summed E-state index contributed by atoms with van der Waals surface area (Å²) >= 11 is 0.901. The van der Waals surface area contributed by atoms with Crippen LogP contribution < -0.4 is 5.32 Å². The number of benzene rings is 1. The van der Waals surface area contributed by atoms with Gasteiger partial charge in [0.05, 0.1) is 6.54 Å². The Morgan fingerprint density at radius 1 is 1.32 bits per heavy atom. The summed E-state index contributed by atoms with van der Waals surface area (Å²) in [6.45, 7) is 1.57. The molecule has 0 radical (unpaired) electrons.